The number of allylic oxidation sites excluding steroid dienone is 1. The summed E-state index contributed by atoms with van der Waals surface area (Å²) in [5.41, 5.74) is 0.967. The highest BCUT2D eigenvalue weighted by molar-refractivity contribution is 5.50. The summed E-state index contributed by atoms with van der Waals surface area (Å²) >= 11 is 0. The van der Waals surface area contributed by atoms with Crippen molar-refractivity contribution in [1.82, 2.24) is 20.1 Å². The van der Waals surface area contributed by atoms with Crippen molar-refractivity contribution >= 4 is 12.7 Å². The number of oxazole rings is 1. The Hall–Kier alpha value is -3.23. The molecular weight excluding hydrogens is 276 g/mol. The second-order valence-corrected chi connectivity index (χ2v) is 4.14. The number of H-pyrrole nitrogens is 1. The summed E-state index contributed by atoms with van der Waals surface area (Å²) in [4.78, 5) is 16.1. The van der Waals surface area contributed by atoms with Crippen LogP contribution in [0, 0.1) is 0 Å². The Morgan fingerprint density at radius 3 is 3.05 bits per heavy atom. The van der Waals surface area contributed by atoms with Gasteiger partial charge in [0.15, 0.2) is 18.8 Å². The van der Waals surface area contributed by atoms with E-state index in [4.69, 9.17) is 13.9 Å². The molecule has 0 saturated heterocycles. The van der Waals surface area contributed by atoms with Gasteiger partial charge in [0, 0.05) is 4.98 Å². The highest BCUT2D eigenvalue weighted by atomic mass is 16.7. The topological polar surface area (TPSA) is 96.9 Å². The van der Waals surface area contributed by atoms with Gasteiger partial charge in [0.1, 0.15) is 18.7 Å². The van der Waals surface area contributed by atoms with Crippen molar-refractivity contribution in [1.29, 1.82) is 0 Å². The summed E-state index contributed by atoms with van der Waals surface area (Å²) in [7, 11) is 0. The number of rotatable bonds is 5. The lowest BCUT2D eigenvalue weighted by Gasteiger charge is -1.96. The van der Waals surface area contributed by atoms with Gasteiger partial charge in [-0.25, -0.2) is 4.98 Å². The van der Waals surface area contributed by atoms with Gasteiger partial charge in [0.05, 0.1) is 5.16 Å². The van der Waals surface area contributed by atoms with E-state index in [9.17, 15) is 0 Å². The minimum absolute atomic E-state index is 0.170. The van der Waals surface area contributed by atoms with Gasteiger partial charge in [-0.3, -0.25) is 9.82 Å². The molecule has 0 fully saturated rings. The molecule has 0 saturated carbocycles. The van der Waals surface area contributed by atoms with E-state index < -0.39 is 0 Å². The lowest BCUT2D eigenvalue weighted by Crippen LogP contribution is -2.27. The fourth-order valence-corrected chi connectivity index (χ4v) is 1.57. The maximum Gasteiger partial charge on any atom is 0.544 e. The Bertz CT molecular complexity index is 786. The zero-order valence-corrected chi connectivity index (χ0v) is 11.2. The Morgan fingerprint density at radius 1 is 1.48 bits per heavy atom. The lowest BCUT2D eigenvalue weighted by molar-refractivity contribution is -0.796. The minimum Gasteiger partial charge on any atom is -0.389 e. The number of nitrogens with one attached hydrogen (secondary N) is 1. The quantitative estimate of drug-likeness (QED) is 0.327. The van der Waals surface area contributed by atoms with Gasteiger partial charge in [-0.2, -0.15) is 0 Å². The van der Waals surface area contributed by atoms with Crippen LogP contribution in [0.25, 0.3) is 17.2 Å². The van der Waals surface area contributed by atoms with Gasteiger partial charge < -0.3 is 4.42 Å². The monoisotopic (exact) mass is 288 g/mol. The van der Waals surface area contributed by atoms with Crippen molar-refractivity contribution in [2.45, 2.75) is 6.92 Å². The van der Waals surface area contributed by atoms with Gasteiger partial charge in [-0.15, -0.1) is 4.63 Å². The third-order valence-electron chi connectivity index (χ3n) is 2.42. The summed E-state index contributed by atoms with van der Waals surface area (Å²) in [6.07, 6.45) is 6.20. The number of aromatic amines is 1. The van der Waals surface area contributed by atoms with E-state index in [1.165, 1.54) is 17.3 Å². The summed E-state index contributed by atoms with van der Waals surface area (Å²) < 4.78 is 12.9. The molecular formula is C12H12N6O3+2. The molecule has 106 valence electrons. The van der Waals surface area contributed by atoms with Crippen LogP contribution in [0.5, 0.6) is 0 Å². The number of aromatic nitrogens is 5. The highest BCUT2D eigenvalue weighted by Gasteiger charge is 2.26. The third-order valence-corrected chi connectivity index (χ3v) is 2.42. The van der Waals surface area contributed by atoms with Crippen molar-refractivity contribution in [2.24, 2.45) is 0 Å². The second kappa shape index (κ2) is 5.04. The molecule has 0 aliphatic heterocycles. The lowest BCUT2D eigenvalue weighted by atomic mass is 10.4. The summed E-state index contributed by atoms with van der Waals surface area (Å²) in [6.45, 7) is 8.92. The standard InChI is InChI=1S/C12H12N6O3/c1-8(2)20-17(3)12-15-10(6-19-12)9-5-18(21-16-9)11-4-13-7-14-11/h4-7H,1,3H2,2H3,(H,13,14)/q+2. The molecule has 3 aromatic heterocycles. The van der Waals surface area contributed by atoms with E-state index in [1.54, 1.807) is 19.3 Å². The summed E-state index contributed by atoms with van der Waals surface area (Å²) in [6, 6.07) is 0.170. The van der Waals surface area contributed by atoms with Crippen LogP contribution >= 0.6 is 0 Å². The predicted octanol–water partition coefficient (Wildman–Crippen LogP) is 1.14. The zero-order chi connectivity index (χ0) is 14.8. The van der Waals surface area contributed by atoms with E-state index in [2.05, 4.69) is 33.4 Å². The molecule has 0 unspecified atom stereocenters. The molecule has 3 aromatic rings. The first kappa shape index (κ1) is 12.8. The average molecular weight is 288 g/mol. The number of nitrogens with zero attached hydrogens (tertiary/aromatic N) is 5. The van der Waals surface area contributed by atoms with Crippen LogP contribution in [0.2, 0.25) is 0 Å². The first-order chi connectivity index (χ1) is 10.1. The normalized spacial score (nSPS) is 10.5. The molecule has 0 radical (unpaired) electrons. The smallest absolute Gasteiger partial charge is 0.389 e. The Balaban J connectivity index is 1.83. The van der Waals surface area contributed by atoms with E-state index in [1.807, 2.05) is 0 Å². The molecule has 0 atom stereocenters. The van der Waals surface area contributed by atoms with Crippen LogP contribution in [0.15, 0.2) is 46.4 Å². The molecule has 0 aromatic carbocycles. The molecule has 3 rings (SSSR count). The average Bonchev–Trinajstić information content (AvgIpc) is 3.18. The van der Waals surface area contributed by atoms with Crippen LogP contribution in [-0.4, -0.2) is 31.6 Å². The fraction of sp³-hybridized carbons (Fsp3) is 0.0833. The minimum atomic E-state index is 0.170. The van der Waals surface area contributed by atoms with E-state index >= 15 is 0 Å². The van der Waals surface area contributed by atoms with Crippen LogP contribution in [0.3, 0.4) is 0 Å². The summed E-state index contributed by atoms with van der Waals surface area (Å²) in [5, 5.41) is 3.90. The van der Waals surface area contributed by atoms with Crippen molar-refractivity contribution in [2.75, 3.05) is 0 Å². The molecule has 0 aliphatic carbocycles. The molecule has 0 spiro atoms. The molecule has 9 nitrogen and oxygen atoms in total. The predicted molar refractivity (Wildman–Crippen MR) is 68.6 cm³/mol. The van der Waals surface area contributed by atoms with Crippen molar-refractivity contribution in [3.8, 4) is 17.2 Å². The molecule has 0 bridgehead atoms. The van der Waals surface area contributed by atoms with Crippen LogP contribution in [0.1, 0.15) is 6.92 Å². The van der Waals surface area contributed by atoms with E-state index in [0.29, 0.717) is 23.0 Å². The van der Waals surface area contributed by atoms with Gasteiger partial charge in [-0.05, 0) is 16.4 Å². The number of hydrogen-bond donors (Lipinski definition) is 1. The van der Waals surface area contributed by atoms with Gasteiger partial charge >= 0.3 is 6.01 Å². The molecule has 0 amide bonds. The van der Waals surface area contributed by atoms with Crippen molar-refractivity contribution in [3.05, 3.63) is 37.3 Å². The molecule has 0 aliphatic rings. The van der Waals surface area contributed by atoms with Gasteiger partial charge in [0.2, 0.25) is 0 Å². The Morgan fingerprint density at radius 2 is 2.33 bits per heavy atom. The molecule has 9 heteroatoms. The maximum absolute atomic E-state index is 5.26. The van der Waals surface area contributed by atoms with Gasteiger partial charge in [-0.1, -0.05) is 6.58 Å². The Kier molecular flexibility index (Phi) is 3.07. The van der Waals surface area contributed by atoms with Crippen molar-refractivity contribution in [3.63, 3.8) is 0 Å². The molecule has 3 heterocycles. The van der Waals surface area contributed by atoms with E-state index in [-0.39, 0.29) is 6.01 Å². The van der Waals surface area contributed by atoms with Crippen molar-refractivity contribution < 1.29 is 23.4 Å². The number of hydrogen-bond acceptors (Lipinski definition) is 6. The van der Waals surface area contributed by atoms with Crippen LogP contribution < -0.4 is 4.74 Å². The van der Waals surface area contributed by atoms with Crippen LogP contribution in [-0.2, 0) is 4.84 Å². The van der Waals surface area contributed by atoms with Crippen LogP contribution in [0.4, 0.5) is 6.01 Å². The third kappa shape index (κ3) is 2.56. The van der Waals surface area contributed by atoms with Gasteiger partial charge in [0.25, 0.3) is 17.2 Å². The Labute approximate surface area is 118 Å². The largest absolute Gasteiger partial charge is 0.544 e. The first-order valence-corrected chi connectivity index (χ1v) is 5.91. The highest BCUT2D eigenvalue weighted by Crippen LogP contribution is 2.19. The zero-order valence-electron chi connectivity index (χ0n) is 11.2. The maximum atomic E-state index is 5.26. The fourth-order valence-electron chi connectivity index (χ4n) is 1.57. The summed E-state index contributed by atoms with van der Waals surface area (Å²) in [5.74, 6) is 1.10. The molecule has 1 N–H and O–H groups in total. The number of imidazole rings is 1. The SMILES string of the molecule is C=C(C)O[N+](=C)c1nc(-c2c[n+](-c3cnc[nH]3)on2)co1. The second-order valence-electron chi connectivity index (χ2n) is 4.14. The first-order valence-electron chi connectivity index (χ1n) is 5.91. The van der Waals surface area contributed by atoms with E-state index in [0.717, 1.165) is 4.74 Å². The molecule has 21 heavy (non-hydrogen) atoms.